The van der Waals surface area contributed by atoms with Crippen molar-refractivity contribution in [2.24, 2.45) is 0 Å². The molecule has 0 saturated carbocycles. The Morgan fingerprint density at radius 2 is 2.16 bits per heavy atom. The van der Waals surface area contributed by atoms with Gasteiger partial charge in [0.1, 0.15) is 0 Å². The number of benzene rings is 1. The second-order valence-electron chi connectivity index (χ2n) is 4.87. The van der Waals surface area contributed by atoms with Crippen LogP contribution in [-0.4, -0.2) is 30.4 Å². The van der Waals surface area contributed by atoms with Gasteiger partial charge in [-0.2, -0.15) is 4.31 Å². The van der Waals surface area contributed by atoms with Gasteiger partial charge in [-0.25, -0.2) is 8.42 Å². The van der Waals surface area contributed by atoms with E-state index < -0.39 is 10.0 Å². The first kappa shape index (κ1) is 14.8. The van der Waals surface area contributed by atoms with Crippen LogP contribution >= 0.6 is 11.6 Å². The summed E-state index contributed by atoms with van der Waals surface area (Å²) in [6.45, 7) is 2.29. The van der Waals surface area contributed by atoms with E-state index in [1.807, 2.05) is 6.92 Å². The average Bonchev–Trinajstić information content (AvgIpc) is 2.39. The Morgan fingerprint density at radius 3 is 2.74 bits per heavy atom. The van der Waals surface area contributed by atoms with E-state index in [2.05, 4.69) is 0 Å². The van der Waals surface area contributed by atoms with Crippen LogP contribution < -0.4 is 0 Å². The minimum absolute atomic E-state index is 0.0232. The minimum atomic E-state index is -3.49. The van der Waals surface area contributed by atoms with Gasteiger partial charge in [0.15, 0.2) is 0 Å². The van der Waals surface area contributed by atoms with Crippen LogP contribution in [0.5, 0.6) is 0 Å². The standard InChI is InChI=1S/C13H18ClNO3S/c1-10-4-2-3-7-15(10)19(17,18)12-6-5-11(9-16)13(14)8-12/h5-6,8,10,16H,2-4,7,9H2,1H3. The second-order valence-corrected chi connectivity index (χ2v) is 7.17. The number of hydrogen-bond acceptors (Lipinski definition) is 3. The number of aliphatic hydroxyl groups excluding tert-OH is 1. The Balaban J connectivity index is 2.36. The molecule has 2 rings (SSSR count). The fraction of sp³-hybridized carbons (Fsp3) is 0.538. The molecule has 1 aliphatic heterocycles. The average molecular weight is 304 g/mol. The third-order valence-corrected chi connectivity index (χ3v) is 5.90. The molecule has 1 unspecified atom stereocenters. The molecule has 19 heavy (non-hydrogen) atoms. The molecule has 1 saturated heterocycles. The fourth-order valence-electron chi connectivity index (χ4n) is 2.38. The number of aliphatic hydroxyl groups is 1. The van der Waals surface area contributed by atoms with Crippen LogP contribution in [0.15, 0.2) is 23.1 Å². The summed E-state index contributed by atoms with van der Waals surface area (Å²) in [4.78, 5) is 0.198. The van der Waals surface area contributed by atoms with Crippen molar-refractivity contribution in [3.8, 4) is 0 Å². The highest BCUT2D eigenvalue weighted by Gasteiger charge is 2.31. The molecule has 1 N–H and O–H groups in total. The Morgan fingerprint density at radius 1 is 1.42 bits per heavy atom. The summed E-state index contributed by atoms with van der Waals surface area (Å²) in [7, 11) is -3.49. The van der Waals surface area contributed by atoms with E-state index in [0.29, 0.717) is 12.1 Å². The van der Waals surface area contributed by atoms with Crippen LogP contribution in [-0.2, 0) is 16.6 Å². The molecule has 106 valence electrons. The Kier molecular flexibility index (Phi) is 4.50. The molecule has 1 aromatic rings. The molecule has 1 fully saturated rings. The van der Waals surface area contributed by atoms with Crippen LogP contribution in [0.1, 0.15) is 31.7 Å². The zero-order valence-electron chi connectivity index (χ0n) is 10.8. The van der Waals surface area contributed by atoms with E-state index in [1.165, 1.54) is 12.1 Å². The molecule has 0 radical (unpaired) electrons. The molecule has 1 atom stereocenters. The van der Waals surface area contributed by atoms with Gasteiger partial charge in [0, 0.05) is 17.6 Å². The smallest absolute Gasteiger partial charge is 0.243 e. The lowest BCUT2D eigenvalue weighted by Gasteiger charge is -2.32. The Hall–Kier alpha value is -0.620. The van der Waals surface area contributed by atoms with Crippen molar-refractivity contribution >= 4 is 21.6 Å². The van der Waals surface area contributed by atoms with Gasteiger partial charge in [0.05, 0.1) is 11.5 Å². The van der Waals surface area contributed by atoms with Crippen LogP contribution in [0, 0.1) is 0 Å². The SMILES string of the molecule is CC1CCCCN1S(=O)(=O)c1ccc(CO)c(Cl)c1. The van der Waals surface area contributed by atoms with Crippen molar-refractivity contribution in [2.75, 3.05) is 6.54 Å². The predicted molar refractivity (Wildman–Crippen MR) is 74.6 cm³/mol. The van der Waals surface area contributed by atoms with E-state index >= 15 is 0 Å². The molecule has 0 bridgehead atoms. The number of sulfonamides is 1. The van der Waals surface area contributed by atoms with E-state index in [-0.39, 0.29) is 22.6 Å². The van der Waals surface area contributed by atoms with Crippen LogP contribution in [0.25, 0.3) is 0 Å². The van der Waals surface area contributed by atoms with Crippen LogP contribution in [0.4, 0.5) is 0 Å². The van der Waals surface area contributed by atoms with Gasteiger partial charge < -0.3 is 5.11 Å². The lowest BCUT2D eigenvalue weighted by Crippen LogP contribution is -2.41. The molecule has 6 heteroatoms. The van der Waals surface area contributed by atoms with E-state index in [4.69, 9.17) is 16.7 Å². The number of rotatable bonds is 3. The summed E-state index contributed by atoms with van der Waals surface area (Å²) in [6, 6.07) is 4.51. The molecule has 0 aromatic heterocycles. The largest absolute Gasteiger partial charge is 0.392 e. The summed E-state index contributed by atoms with van der Waals surface area (Å²) < 4.78 is 26.7. The fourth-order valence-corrected chi connectivity index (χ4v) is 4.41. The van der Waals surface area contributed by atoms with E-state index in [9.17, 15) is 8.42 Å². The first-order valence-electron chi connectivity index (χ1n) is 6.38. The van der Waals surface area contributed by atoms with Gasteiger partial charge in [0.25, 0.3) is 0 Å². The van der Waals surface area contributed by atoms with Gasteiger partial charge in [0.2, 0.25) is 10.0 Å². The maximum atomic E-state index is 12.6. The van der Waals surface area contributed by atoms with Gasteiger partial charge in [-0.05, 0) is 37.5 Å². The number of halogens is 1. The zero-order chi connectivity index (χ0) is 14.0. The topological polar surface area (TPSA) is 57.6 Å². The predicted octanol–water partition coefficient (Wildman–Crippen LogP) is 2.40. The molecule has 1 heterocycles. The van der Waals surface area contributed by atoms with Crippen molar-refractivity contribution in [1.82, 2.24) is 4.31 Å². The molecule has 0 aliphatic carbocycles. The minimum Gasteiger partial charge on any atom is -0.392 e. The molecular formula is C13H18ClNO3S. The molecule has 4 nitrogen and oxygen atoms in total. The lowest BCUT2D eigenvalue weighted by atomic mass is 10.1. The number of hydrogen-bond donors (Lipinski definition) is 1. The normalized spacial score (nSPS) is 21.5. The van der Waals surface area contributed by atoms with Gasteiger partial charge in [-0.15, -0.1) is 0 Å². The van der Waals surface area contributed by atoms with Gasteiger partial charge >= 0.3 is 0 Å². The summed E-state index contributed by atoms with van der Waals surface area (Å²) in [6.07, 6.45) is 2.85. The quantitative estimate of drug-likeness (QED) is 0.933. The van der Waals surface area contributed by atoms with Crippen molar-refractivity contribution in [2.45, 2.75) is 43.7 Å². The molecular weight excluding hydrogens is 286 g/mol. The van der Waals surface area contributed by atoms with Crippen molar-refractivity contribution < 1.29 is 13.5 Å². The lowest BCUT2D eigenvalue weighted by molar-refractivity contribution is 0.268. The summed E-state index contributed by atoms with van der Waals surface area (Å²) in [5.74, 6) is 0. The zero-order valence-corrected chi connectivity index (χ0v) is 12.4. The summed E-state index contributed by atoms with van der Waals surface area (Å²) in [5, 5.41) is 9.34. The summed E-state index contributed by atoms with van der Waals surface area (Å²) >= 11 is 5.97. The molecule has 1 aliphatic rings. The highest BCUT2D eigenvalue weighted by Crippen LogP contribution is 2.27. The second kappa shape index (κ2) is 5.79. The van der Waals surface area contributed by atoms with Crippen LogP contribution in [0.2, 0.25) is 5.02 Å². The highest BCUT2D eigenvalue weighted by molar-refractivity contribution is 7.89. The first-order chi connectivity index (χ1) is 8.96. The third kappa shape index (κ3) is 2.94. The number of piperidine rings is 1. The molecule has 1 aromatic carbocycles. The first-order valence-corrected chi connectivity index (χ1v) is 8.19. The van der Waals surface area contributed by atoms with Gasteiger partial charge in [-0.1, -0.05) is 24.1 Å². The number of nitrogens with zero attached hydrogens (tertiary/aromatic N) is 1. The van der Waals surface area contributed by atoms with E-state index in [0.717, 1.165) is 19.3 Å². The van der Waals surface area contributed by atoms with Crippen molar-refractivity contribution in [1.29, 1.82) is 0 Å². The van der Waals surface area contributed by atoms with Crippen molar-refractivity contribution in [3.63, 3.8) is 0 Å². The van der Waals surface area contributed by atoms with Gasteiger partial charge in [-0.3, -0.25) is 0 Å². The van der Waals surface area contributed by atoms with Crippen LogP contribution in [0.3, 0.4) is 0 Å². The Bertz CT molecular complexity index is 559. The monoisotopic (exact) mass is 303 g/mol. The molecule has 0 spiro atoms. The summed E-state index contributed by atoms with van der Waals surface area (Å²) in [5.41, 5.74) is 0.535. The van der Waals surface area contributed by atoms with E-state index in [1.54, 1.807) is 10.4 Å². The maximum absolute atomic E-state index is 12.6. The Labute approximate surface area is 119 Å². The van der Waals surface area contributed by atoms with Crippen molar-refractivity contribution in [3.05, 3.63) is 28.8 Å². The molecule has 0 amide bonds. The maximum Gasteiger partial charge on any atom is 0.243 e. The highest BCUT2D eigenvalue weighted by atomic mass is 35.5. The third-order valence-electron chi connectivity index (χ3n) is 3.54.